The Morgan fingerprint density at radius 3 is 2.57 bits per heavy atom. The lowest BCUT2D eigenvalue weighted by Crippen LogP contribution is -2.42. The van der Waals surface area contributed by atoms with Crippen molar-refractivity contribution in [2.24, 2.45) is 0 Å². The second-order valence-corrected chi connectivity index (χ2v) is 5.15. The van der Waals surface area contributed by atoms with Crippen molar-refractivity contribution in [3.63, 3.8) is 0 Å². The smallest absolute Gasteiger partial charge is 0.349 e. The summed E-state index contributed by atoms with van der Waals surface area (Å²) in [5, 5.41) is 9.10. The highest BCUT2D eigenvalue weighted by Gasteiger charge is 2.19. The van der Waals surface area contributed by atoms with Gasteiger partial charge in [-0.3, -0.25) is 4.79 Å². The van der Waals surface area contributed by atoms with Gasteiger partial charge in [-0.05, 0) is 18.6 Å². The lowest BCUT2D eigenvalue weighted by molar-refractivity contribution is -0.150. The van der Waals surface area contributed by atoms with E-state index in [1.807, 2.05) is 25.1 Å². The molecule has 0 aliphatic carbocycles. The van der Waals surface area contributed by atoms with E-state index in [9.17, 15) is 9.59 Å². The average Bonchev–Trinajstić information content (AvgIpc) is 2.59. The van der Waals surface area contributed by atoms with Crippen LogP contribution in [0.1, 0.15) is 11.1 Å². The van der Waals surface area contributed by atoms with Crippen molar-refractivity contribution in [2.75, 3.05) is 32.9 Å². The number of ether oxygens (including phenoxy) is 2. The van der Waals surface area contributed by atoms with Gasteiger partial charge < -0.3 is 14.4 Å². The van der Waals surface area contributed by atoms with Crippen LogP contribution in [0.3, 0.4) is 0 Å². The van der Waals surface area contributed by atoms with Crippen molar-refractivity contribution < 1.29 is 19.1 Å². The summed E-state index contributed by atoms with van der Waals surface area (Å²) in [4.78, 5) is 25.4. The third-order valence-electron chi connectivity index (χ3n) is 3.42. The molecule has 6 nitrogen and oxygen atoms in total. The molecule has 0 aromatic heterocycles. The lowest BCUT2D eigenvalue weighted by atomic mass is 10.1. The summed E-state index contributed by atoms with van der Waals surface area (Å²) in [7, 11) is 0. The molecule has 120 valence electrons. The second-order valence-electron chi connectivity index (χ2n) is 5.15. The fourth-order valence-corrected chi connectivity index (χ4v) is 2.08. The highest BCUT2D eigenvalue weighted by atomic mass is 16.5. The van der Waals surface area contributed by atoms with Crippen LogP contribution in [0.5, 0.6) is 0 Å². The summed E-state index contributed by atoms with van der Waals surface area (Å²) in [5.74, 6) is -1.08. The number of rotatable bonds is 4. The maximum atomic E-state index is 11.9. The lowest BCUT2D eigenvalue weighted by Gasteiger charge is -2.26. The number of amides is 1. The normalized spacial score (nSPS) is 15.0. The first-order valence-corrected chi connectivity index (χ1v) is 7.31. The molecule has 1 aliphatic rings. The molecule has 1 fully saturated rings. The molecule has 1 aromatic carbocycles. The van der Waals surface area contributed by atoms with Gasteiger partial charge in [0, 0.05) is 13.1 Å². The Morgan fingerprint density at radius 1 is 1.30 bits per heavy atom. The zero-order chi connectivity index (χ0) is 16.7. The summed E-state index contributed by atoms with van der Waals surface area (Å²) >= 11 is 0. The van der Waals surface area contributed by atoms with E-state index in [0.29, 0.717) is 26.3 Å². The predicted octanol–water partition coefficient (Wildman–Crippen LogP) is 1.30. The maximum absolute atomic E-state index is 11.9. The average molecular weight is 314 g/mol. The molecule has 1 aromatic rings. The minimum atomic E-state index is -0.797. The number of esters is 1. The first-order chi connectivity index (χ1) is 11.1. The molecular formula is C17H18N2O4. The number of morpholine rings is 1. The molecule has 1 aliphatic heterocycles. The molecule has 0 saturated carbocycles. The minimum absolute atomic E-state index is 0.136. The van der Waals surface area contributed by atoms with E-state index < -0.39 is 5.97 Å². The third kappa shape index (κ3) is 4.94. The van der Waals surface area contributed by atoms with Gasteiger partial charge in [-0.2, -0.15) is 5.26 Å². The number of nitrogens with zero attached hydrogens (tertiary/aromatic N) is 2. The molecule has 2 rings (SSSR count). The van der Waals surface area contributed by atoms with Gasteiger partial charge in [-0.25, -0.2) is 4.79 Å². The van der Waals surface area contributed by atoms with E-state index in [2.05, 4.69) is 0 Å². The molecule has 0 N–H and O–H groups in total. The topological polar surface area (TPSA) is 79.6 Å². The van der Waals surface area contributed by atoms with Gasteiger partial charge >= 0.3 is 5.97 Å². The standard InChI is InChI=1S/C17H18N2O4/c1-13-2-4-14(5-3-13)10-15(11-18)17(21)23-12-16(20)19-6-8-22-9-7-19/h2-5,10H,6-9,12H2,1H3/b15-10+. The highest BCUT2D eigenvalue weighted by molar-refractivity contribution is 5.98. The van der Waals surface area contributed by atoms with Crippen molar-refractivity contribution in [1.82, 2.24) is 4.90 Å². The fourth-order valence-electron chi connectivity index (χ4n) is 2.08. The number of hydrogen-bond acceptors (Lipinski definition) is 5. The zero-order valence-electron chi connectivity index (χ0n) is 12.9. The highest BCUT2D eigenvalue weighted by Crippen LogP contribution is 2.10. The molecule has 1 heterocycles. The summed E-state index contributed by atoms with van der Waals surface area (Å²) in [6, 6.07) is 9.18. The maximum Gasteiger partial charge on any atom is 0.349 e. The van der Waals surface area contributed by atoms with Crippen LogP contribution in [-0.4, -0.2) is 49.7 Å². The van der Waals surface area contributed by atoms with Crippen LogP contribution in [0.2, 0.25) is 0 Å². The number of aryl methyl sites for hydroxylation is 1. The Morgan fingerprint density at radius 2 is 1.96 bits per heavy atom. The van der Waals surface area contributed by atoms with Crippen molar-refractivity contribution >= 4 is 18.0 Å². The van der Waals surface area contributed by atoms with Gasteiger partial charge in [-0.15, -0.1) is 0 Å². The largest absolute Gasteiger partial charge is 0.451 e. The van der Waals surface area contributed by atoms with E-state index >= 15 is 0 Å². The Balaban J connectivity index is 1.93. The monoisotopic (exact) mass is 314 g/mol. The molecule has 0 atom stereocenters. The van der Waals surface area contributed by atoms with Crippen LogP contribution in [0.15, 0.2) is 29.8 Å². The number of carbonyl (C=O) groups is 2. The fraction of sp³-hybridized carbons (Fsp3) is 0.353. The second kappa shape index (κ2) is 8.11. The summed E-state index contributed by atoms with van der Waals surface area (Å²) in [5.41, 5.74) is 1.67. The van der Waals surface area contributed by atoms with Gasteiger partial charge in [0.05, 0.1) is 13.2 Å². The predicted molar refractivity (Wildman–Crippen MR) is 83.1 cm³/mol. The number of benzene rings is 1. The van der Waals surface area contributed by atoms with Crippen molar-refractivity contribution in [3.05, 3.63) is 41.0 Å². The molecule has 0 spiro atoms. The molecule has 1 saturated heterocycles. The molecule has 6 heteroatoms. The minimum Gasteiger partial charge on any atom is -0.451 e. The first kappa shape index (κ1) is 16.7. The summed E-state index contributed by atoms with van der Waals surface area (Å²) in [6.07, 6.45) is 1.45. The van der Waals surface area contributed by atoms with E-state index in [1.165, 1.54) is 6.08 Å². The van der Waals surface area contributed by atoms with Gasteiger partial charge in [0.25, 0.3) is 5.91 Å². The van der Waals surface area contributed by atoms with Crippen LogP contribution in [0.4, 0.5) is 0 Å². The Hall–Kier alpha value is -2.65. The van der Waals surface area contributed by atoms with Crippen LogP contribution >= 0.6 is 0 Å². The van der Waals surface area contributed by atoms with E-state index in [4.69, 9.17) is 14.7 Å². The summed E-state index contributed by atoms with van der Waals surface area (Å²) < 4.78 is 10.1. The van der Waals surface area contributed by atoms with Gasteiger partial charge in [0.1, 0.15) is 11.6 Å². The Bertz CT molecular complexity index is 638. The molecule has 0 unspecified atom stereocenters. The first-order valence-electron chi connectivity index (χ1n) is 7.31. The Labute approximate surface area is 134 Å². The van der Waals surface area contributed by atoms with Crippen LogP contribution in [0, 0.1) is 18.3 Å². The summed E-state index contributed by atoms with van der Waals surface area (Å²) in [6.45, 7) is 3.52. The molecular weight excluding hydrogens is 296 g/mol. The Kier molecular flexibility index (Phi) is 5.89. The molecule has 0 radical (unpaired) electrons. The van der Waals surface area contributed by atoms with E-state index in [0.717, 1.165) is 11.1 Å². The van der Waals surface area contributed by atoms with Crippen LogP contribution in [0.25, 0.3) is 6.08 Å². The van der Waals surface area contributed by atoms with Crippen molar-refractivity contribution in [2.45, 2.75) is 6.92 Å². The van der Waals surface area contributed by atoms with E-state index in [-0.39, 0.29) is 18.1 Å². The third-order valence-corrected chi connectivity index (χ3v) is 3.42. The van der Waals surface area contributed by atoms with Crippen molar-refractivity contribution in [3.8, 4) is 6.07 Å². The van der Waals surface area contributed by atoms with Gasteiger partial charge in [-0.1, -0.05) is 29.8 Å². The zero-order valence-corrected chi connectivity index (χ0v) is 12.9. The number of carbonyl (C=O) groups excluding carboxylic acids is 2. The van der Waals surface area contributed by atoms with Crippen LogP contribution in [-0.2, 0) is 19.1 Å². The SMILES string of the molecule is Cc1ccc(/C=C(\C#N)C(=O)OCC(=O)N2CCOCC2)cc1. The van der Waals surface area contributed by atoms with E-state index in [1.54, 1.807) is 17.0 Å². The number of nitriles is 1. The molecule has 1 amide bonds. The van der Waals surface area contributed by atoms with Gasteiger partial charge in [0.2, 0.25) is 0 Å². The van der Waals surface area contributed by atoms with Gasteiger partial charge in [0.15, 0.2) is 6.61 Å². The van der Waals surface area contributed by atoms with Crippen LogP contribution < -0.4 is 0 Å². The van der Waals surface area contributed by atoms with Crippen molar-refractivity contribution in [1.29, 1.82) is 5.26 Å². The molecule has 23 heavy (non-hydrogen) atoms. The quantitative estimate of drug-likeness (QED) is 0.475. The number of hydrogen-bond donors (Lipinski definition) is 0. The molecule has 0 bridgehead atoms.